The fraction of sp³-hybridized carbons (Fsp3) is 0.417. The van der Waals surface area contributed by atoms with E-state index < -0.39 is 0 Å². The van der Waals surface area contributed by atoms with Gasteiger partial charge in [-0.15, -0.1) is 0 Å². The van der Waals surface area contributed by atoms with Gasteiger partial charge in [-0.3, -0.25) is 4.79 Å². The first-order valence-corrected chi connectivity index (χ1v) is 4.88. The Hall–Kier alpha value is -1.31. The van der Waals surface area contributed by atoms with Crippen LogP contribution in [0.2, 0.25) is 0 Å². The first kappa shape index (κ1) is 10.8. The van der Waals surface area contributed by atoms with Crippen molar-refractivity contribution < 1.29 is 9.90 Å². The highest BCUT2D eigenvalue weighted by molar-refractivity contribution is 5.85. The zero-order valence-electron chi connectivity index (χ0n) is 8.87. The van der Waals surface area contributed by atoms with Gasteiger partial charge in [0.2, 0.25) is 0 Å². The standard InChI is InChI=1S/C12H16O2/c1-4-11(13)9(3)10-6-5-8(2)7-12(10)14/h5-7,9,14H,4H2,1-3H3/t9-/m1/s1. The molecule has 0 heterocycles. The number of aryl methyl sites for hydroxylation is 1. The van der Waals surface area contributed by atoms with Gasteiger partial charge in [-0.25, -0.2) is 0 Å². The highest BCUT2D eigenvalue weighted by Gasteiger charge is 2.16. The van der Waals surface area contributed by atoms with Gasteiger partial charge in [0.15, 0.2) is 0 Å². The molecule has 1 atom stereocenters. The second-order valence-corrected chi connectivity index (χ2v) is 3.60. The van der Waals surface area contributed by atoms with E-state index in [1.807, 2.05) is 32.9 Å². The van der Waals surface area contributed by atoms with Crippen LogP contribution in [-0.2, 0) is 4.79 Å². The Morgan fingerprint density at radius 2 is 2.14 bits per heavy atom. The molecule has 0 spiro atoms. The van der Waals surface area contributed by atoms with Crippen molar-refractivity contribution in [1.82, 2.24) is 0 Å². The predicted molar refractivity (Wildman–Crippen MR) is 56.6 cm³/mol. The Kier molecular flexibility index (Phi) is 3.28. The third kappa shape index (κ3) is 2.13. The number of hydrogen-bond donors (Lipinski definition) is 1. The summed E-state index contributed by atoms with van der Waals surface area (Å²) in [6.07, 6.45) is 0.508. The molecule has 14 heavy (non-hydrogen) atoms. The first-order chi connectivity index (χ1) is 6.56. The normalized spacial score (nSPS) is 12.5. The van der Waals surface area contributed by atoms with Crippen molar-refractivity contribution >= 4 is 5.78 Å². The molecule has 0 radical (unpaired) electrons. The van der Waals surface area contributed by atoms with E-state index in [9.17, 15) is 9.90 Å². The average Bonchev–Trinajstić information content (AvgIpc) is 2.15. The van der Waals surface area contributed by atoms with Crippen molar-refractivity contribution in [2.24, 2.45) is 0 Å². The van der Waals surface area contributed by atoms with Crippen LogP contribution in [-0.4, -0.2) is 10.9 Å². The van der Waals surface area contributed by atoms with E-state index in [0.717, 1.165) is 11.1 Å². The van der Waals surface area contributed by atoms with E-state index in [2.05, 4.69) is 0 Å². The number of phenols is 1. The molecule has 1 aromatic rings. The Labute approximate surface area is 84.6 Å². The van der Waals surface area contributed by atoms with Crippen molar-refractivity contribution in [1.29, 1.82) is 0 Å². The number of aromatic hydroxyl groups is 1. The van der Waals surface area contributed by atoms with Crippen molar-refractivity contribution in [2.45, 2.75) is 33.1 Å². The van der Waals surface area contributed by atoms with Gasteiger partial charge in [0, 0.05) is 17.9 Å². The average molecular weight is 192 g/mol. The van der Waals surface area contributed by atoms with Gasteiger partial charge < -0.3 is 5.11 Å². The van der Waals surface area contributed by atoms with Crippen molar-refractivity contribution in [2.75, 3.05) is 0 Å². The third-order valence-electron chi connectivity index (χ3n) is 2.48. The fourth-order valence-corrected chi connectivity index (χ4v) is 1.50. The van der Waals surface area contributed by atoms with E-state index in [-0.39, 0.29) is 17.5 Å². The molecule has 0 aromatic heterocycles. The van der Waals surface area contributed by atoms with E-state index in [4.69, 9.17) is 0 Å². The molecule has 1 rings (SSSR count). The zero-order valence-corrected chi connectivity index (χ0v) is 8.87. The van der Waals surface area contributed by atoms with Crippen LogP contribution in [0.25, 0.3) is 0 Å². The topological polar surface area (TPSA) is 37.3 Å². The number of rotatable bonds is 3. The van der Waals surface area contributed by atoms with Gasteiger partial charge in [-0.1, -0.05) is 26.0 Å². The van der Waals surface area contributed by atoms with E-state index in [0.29, 0.717) is 6.42 Å². The SMILES string of the molecule is CCC(=O)[C@H](C)c1ccc(C)cc1O. The smallest absolute Gasteiger partial charge is 0.139 e. The molecule has 0 aliphatic rings. The van der Waals surface area contributed by atoms with Crippen molar-refractivity contribution in [3.05, 3.63) is 29.3 Å². The lowest BCUT2D eigenvalue weighted by Gasteiger charge is -2.11. The maximum atomic E-state index is 11.4. The number of carbonyl (C=O) groups is 1. The predicted octanol–water partition coefficient (Wildman–Crippen LogP) is 2.78. The molecule has 1 N–H and O–H groups in total. The lowest BCUT2D eigenvalue weighted by molar-refractivity contribution is -0.119. The molecule has 2 nitrogen and oxygen atoms in total. The quantitative estimate of drug-likeness (QED) is 0.799. The minimum atomic E-state index is -0.208. The molecule has 0 saturated carbocycles. The van der Waals surface area contributed by atoms with Gasteiger partial charge in [0.05, 0.1) is 0 Å². The summed E-state index contributed by atoms with van der Waals surface area (Å²) in [5.74, 6) is 0.170. The van der Waals surface area contributed by atoms with Crippen LogP contribution in [0, 0.1) is 6.92 Å². The number of carbonyl (C=O) groups excluding carboxylic acids is 1. The summed E-state index contributed by atoms with van der Waals surface area (Å²) in [6.45, 7) is 5.58. The number of hydrogen-bond acceptors (Lipinski definition) is 2. The molecule has 0 fully saturated rings. The van der Waals surface area contributed by atoms with Crippen LogP contribution in [0.4, 0.5) is 0 Å². The summed E-state index contributed by atoms with van der Waals surface area (Å²) in [5, 5.41) is 9.65. The second kappa shape index (κ2) is 4.27. The lowest BCUT2D eigenvalue weighted by Crippen LogP contribution is -2.07. The van der Waals surface area contributed by atoms with Crippen LogP contribution >= 0.6 is 0 Å². The maximum Gasteiger partial charge on any atom is 0.139 e. The van der Waals surface area contributed by atoms with Gasteiger partial charge in [-0.05, 0) is 18.6 Å². The highest BCUT2D eigenvalue weighted by atomic mass is 16.3. The third-order valence-corrected chi connectivity index (χ3v) is 2.48. The molecular formula is C12H16O2. The molecule has 0 aliphatic carbocycles. The van der Waals surface area contributed by atoms with E-state index in [1.165, 1.54) is 0 Å². The highest BCUT2D eigenvalue weighted by Crippen LogP contribution is 2.27. The molecule has 0 aliphatic heterocycles. The van der Waals surface area contributed by atoms with E-state index in [1.54, 1.807) is 6.07 Å². The summed E-state index contributed by atoms with van der Waals surface area (Å²) in [6, 6.07) is 5.42. The second-order valence-electron chi connectivity index (χ2n) is 3.60. The van der Waals surface area contributed by atoms with Gasteiger partial charge in [-0.2, -0.15) is 0 Å². The van der Waals surface area contributed by atoms with Crippen LogP contribution in [0.15, 0.2) is 18.2 Å². The number of phenolic OH excluding ortho intramolecular Hbond substituents is 1. The monoisotopic (exact) mass is 192 g/mol. The van der Waals surface area contributed by atoms with Crippen molar-refractivity contribution in [3.8, 4) is 5.75 Å². The van der Waals surface area contributed by atoms with Crippen molar-refractivity contribution in [3.63, 3.8) is 0 Å². The minimum Gasteiger partial charge on any atom is -0.508 e. The van der Waals surface area contributed by atoms with Crippen LogP contribution in [0.1, 0.15) is 37.3 Å². The summed E-state index contributed by atoms with van der Waals surface area (Å²) in [7, 11) is 0. The van der Waals surface area contributed by atoms with Gasteiger partial charge >= 0.3 is 0 Å². The molecule has 0 amide bonds. The number of Topliss-reactive ketones (excluding diaryl/α,β-unsaturated/α-hetero) is 1. The largest absolute Gasteiger partial charge is 0.508 e. The van der Waals surface area contributed by atoms with Gasteiger partial charge in [0.25, 0.3) is 0 Å². The summed E-state index contributed by atoms with van der Waals surface area (Å²) < 4.78 is 0. The number of benzene rings is 1. The Morgan fingerprint density at radius 1 is 1.50 bits per heavy atom. The Bertz CT molecular complexity index is 342. The zero-order chi connectivity index (χ0) is 10.7. The fourth-order valence-electron chi connectivity index (χ4n) is 1.50. The molecule has 0 bridgehead atoms. The lowest BCUT2D eigenvalue weighted by atomic mass is 9.94. The van der Waals surface area contributed by atoms with Crippen LogP contribution < -0.4 is 0 Å². The molecule has 0 unspecified atom stereocenters. The summed E-state index contributed by atoms with van der Waals surface area (Å²) in [4.78, 5) is 11.4. The first-order valence-electron chi connectivity index (χ1n) is 4.88. The summed E-state index contributed by atoms with van der Waals surface area (Å²) >= 11 is 0. The minimum absolute atomic E-state index is 0.157. The molecule has 76 valence electrons. The molecule has 2 heteroatoms. The maximum absolute atomic E-state index is 11.4. The van der Waals surface area contributed by atoms with Gasteiger partial charge in [0.1, 0.15) is 11.5 Å². The summed E-state index contributed by atoms with van der Waals surface area (Å²) in [5.41, 5.74) is 1.73. The molecule has 0 saturated heterocycles. The Morgan fingerprint density at radius 3 is 2.64 bits per heavy atom. The van der Waals surface area contributed by atoms with E-state index >= 15 is 0 Å². The molecular weight excluding hydrogens is 176 g/mol. The molecule has 1 aromatic carbocycles. The van der Waals surface area contributed by atoms with Crippen LogP contribution in [0.3, 0.4) is 0 Å². The van der Waals surface area contributed by atoms with Crippen LogP contribution in [0.5, 0.6) is 5.75 Å². The number of ketones is 1. The Balaban J connectivity index is 3.01.